The van der Waals surface area contributed by atoms with Crippen LogP contribution in [0.15, 0.2) is 0 Å². The van der Waals surface area contributed by atoms with Crippen LogP contribution in [0, 0.1) is 0 Å². The van der Waals surface area contributed by atoms with E-state index in [0.29, 0.717) is 0 Å². The van der Waals surface area contributed by atoms with Crippen molar-refractivity contribution in [2.75, 3.05) is 0 Å². The first kappa shape index (κ1) is 11.0. The Kier molecular flexibility index (Phi) is 9.71. The molecule has 0 aliphatic heterocycles. The van der Waals surface area contributed by atoms with Gasteiger partial charge in [0.05, 0.1) is 0 Å². The maximum Gasteiger partial charge on any atom is 0.737 e. The topological polar surface area (TPSA) is 27.7 Å². The van der Waals surface area contributed by atoms with Gasteiger partial charge in [-0.25, -0.2) is 0 Å². The van der Waals surface area contributed by atoms with E-state index in [2.05, 4.69) is 14.6 Å². The largest absolute Gasteiger partial charge is 0.737 e. The molecule has 0 aromatic rings. The van der Waals surface area contributed by atoms with Gasteiger partial charge in [0, 0.05) is 0 Å². The molecule has 0 saturated carbocycles. The van der Waals surface area contributed by atoms with E-state index in [1.165, 1.54) is 0 Å². The van der Waals surface area contributed by atoms with Gasteiger partial charge in [0.1, 0.15) is 0 Å². The minimum absolute atomic E-state index is 0. The summed E-state index contributed by atoms with van der Waals surface area (Å²) >= 11 is 0. The summed E-state index contributed by atoms with van der Waals surface area (Å²) in [5.74, 6) is 0. The Balaban J connectivity index is 0. The lowest BCUT2D eigenvalue weighted by Crippen LogP contribution is -2.15. The van der Waals surface area contributed by atoms with Crippen LogP contribution in [-0.2, 0) is 14.6 Å². The van der Waals surface area contributed by atoms with Gasteiger partial charge in [-0.3, -0.25) is 0 Å². The highest BCUT2D eigenvalue weighted by Crippen LogP contribution is 1.91. The number of halogens is 3. The van der Waals surface area contributed by atoms with Crippen molar-refractivity contribution < 1.29 is 28.2 Å². The van der Waals surface area contributed by atoms with Gasteiger partial charge in [0.15, 0.2) is 0 Å². The van der Waals surface area contributed by atoms with Crippen molar-refractivity contribution in [3.8, 4) is 0 Å². The van der Waals surface area contributed by atoms with Crippen LogP contribution < -0.4 is 0 Å². The molecule has 0 atom stereocenters. The van der Waals surface area contributed by atoms with Gasteiger partial charge in [-0.2, -0.15) is 28.1 Å². The van der Waals surface area contributed by atoms with Crippen molar-refractivity contribution in [1.82, 2.24) is 0 Å². The van der Waals surface area contributed by atoms with Gasteiger partial charge in [-0.05, 0) is 0 Å². The fraction of sp³-hybridized carbons (Fsp3) is 0. The smallest absolute Gasteiger partial charge is 0.197 e. The Morgan fingerprint density at radius 2 is 1.12 bits per heavy atom. The average Bonchev–Trinajstić information content (AvgIpc) is 1.72. The molecule has 50 valence electrons. The number of hydrogen-bond donors (Lipinski definition) is 0. The Labute approximate surface area is 50.0 Å². The molecule has 0 fully saturated rings. The quantitative estimate of drug-likeness (QED) is 0.556. The van der Waals surface area contributed by atoms with Crippen LogP contribution in [0.2, 0.25) is 0 Å². The van der Waals surface area contributed by atoms with E-state index in [4.69, 9.17) is 0 Å². The average molecular weight is 150 g/mol. The summed E-state index contributed by atoms with van der Waals surface area (Å²) in [6.07, 6.45) is 0. The highest BCUT2D eigenvalue weighted by atomic mass is 32.1. The van der Waals surface area contributed by atoms with E-state index in [0.717, 1.165) is 0 Å². The summed E-state index contributed by atoms with van der Waals surface area (Å²) in [6, 6.07) is 0. The van der Waals surface area contributed by atoms with Crippen molar-refractivity contribution in [3.05, 3.63) is 0 Å². The zero-order chi connectivity index (χ0) is 5.70. The molecular formula is H2BF3O3S. The molecule has 0 radical (unpaired) electrons. The van der Waals surface area contributed by atoms with Gasteiger partial charge in [-0.15, -0.1) is 0 Å². The molecule has 0 rings (SSSR count). The number of hydrogen-bond acceptors (Lipinski definition) is 3. The van der Waals surface area contributed by atoms with Crippen LogP contribution in [0.3, 0.4) is 0 Å². The zero-order valence-corrected chi connectivity index (χ0v) is 4.44. The molecule has 0 amide bonds. The molecule has 0 saturated heterocycles. The fourth-order valence-corrected chi connectivity index (χ4v) is 0.0412. The van der Waals surface area contributed by atoms with E-state index in [-0.39, 0.29) is 13.5 Å². The molecule has 0 aromatic heterocycles. The minimum Gasteiger partial charge on any atom is -0.197 e. The second-order valence-electron chi connectivity index (χ2n) is 0.556. The second kappa shape index (κ2) is 7.08. The molecule has 0 spiro atoms. The standard InChI is InChI=1S/BF3O3.H2S/c2-5-1(6-3)7-4;/h;1H2. The molecular weight excluding hydrogens is 148 g/mol. The van der Waals surface area contributed by atoms with Gasteiger partial charge in [-0.1, -0.05) is 13.6 Å². The van der Waals surface area contributed by atoms with Crippen LogP contribution in [0.5, 0.6) is 0 Å². The molecule has 0 heterocycles. The lowest BCUT2D eigenvalue weighted by atomic mass is 10.3. The molecule has 8 heteroatoms. The van der Waals surface area contributed by atoms with Crippen molar-refractivity contribution in [3.63, 3.8) is 0 Å². The molecule has 0 aromatic carbocycles. The first-order chi connectivity index (χ1) is 3.35. The monoisotopic (exact) mass is 150 g/mol. The molecule has 8 heavy (non-hydrogen) atoms. The molecule has 0 N–H and O–H groups in total. The fourth-order valence-electron chi connectivity index (χ4n) is 0.0412. The van der Waals surface area contributed by atoms with E-state index >= 15 is 0 Å². The van der Waals surface area contributed by atoms with Crippen molar-refractivity contribution >= 4 is 20.8 Å². The van der Waals surface area contributed by atoms with Crippen molar-refractivity contribution in [2.45, 2.75) is 0 Å². The van der Waals surface area contributed by atoms with Gasteiger partial charge in [0.2, 0.25) is 0 Å². The first-order valence-corrected chi connectivity index (χ1v) is 1.17. The molecule has 0 aliphatic carbocycles. The van der Waals surface area contributed by atoms with Crippen molar-refractivity contribution in [2.24, 2.45) is 0 Å². The van der Waals surface area contributed by atoms with Crippen molar-refractivity contribution in [1.29, 1.82) is 0 Å². The maximum absolute atomic E-state index is 10.4. The Hall–Kier alpha value is 0.0849. The molecule has 0 bridgehead atoms. The van der Waals surface area contributed by atoms with E-state index in [9.17, 15) is 13.6 Å². The van der Waals surface area contributed by atoms with Crippen LogP contribution in [0.1, 0.15) is 0 Å². The summed E-state index contributed by atoms with van der Waals surface area (Å²) < 4.78 is 31.3. The Morgan fingerprint density at radius 3 is 1.12 bits per heavy atom. The predicted molar refractivity (Wildman–Crippen MR) is 22.7 cm³/mol. The SMILES string of the molecule is FOB(OF)OF.S. The first-order valence-electron chi connectivity index (χ1n) is 1.17. The van der Waals surface area contributed by atoms with Crippen LogP contribution in [0.25, 0.3) is 0 Å². The zero-order valence-electron chi connectivity index (χ0n) is 3.44. The molecule has 3 nitrogen and oxygen atoms in total. The normalized spacial score (nSPS) is 7.88. The minimum atomic E-state index is -2.51. The van der Waals surface area contributed by atoms with Crippen LogP contribution >= 0.6 is 13.5 Å². The van der Waals surface area contributed by atoms with Gasteiger partial charge < -0.3 is 0 Å². The van der Waals surface area contributed by atoms with Crippen LogP contribution in [-0.4, -0.2) is 7.32 Å². The number of rotatable bonds is 3. The molecule has 0 unspecified atom stereocenters. The lowest BCUT2D eigenvalue weighted by Gasteiger charge is -1.88. The molecule has 0 aliphatic rings. The predicted octanol–water partition coefficient (Wildman–Crippen LogP) is 0.787. The Morgan fingerprint density at radius 1 is 0.875 bits per heavy atom. The van der Waals surface area contributed by atoms with Crippen LogP contribution in [0.4, 0.5) is 13.6 Å². The summed E-state index contributed by atoms with van der Waals surface area (Å²) in [5.41, 5.74) is 0. The van der Waals surface area contributed by atoms with E-state index in [1.54, 1.807) is 0 Å². The maximum atomic E-state index is 10.4. The lowest BCUT2D eigenvalue weighted by molar-refractivity contribution is -0.190. The highest BCUT2D eigenvalue weighted by Gasteiger charge is 2.24. The summed E-state index contributed by atoms with van der Waals surface area (Å²) in [6.45, 7) is 0. The third-order valence-corrected chi connectivity index (χ3v) is 0.218. The third kappa shape index (κ3) is 4.25. The Bertz CT molecular complexity index is 36.0. The second-order valence-corrected chi connectivity index (χ2v) is 0.556. The summed E-state index contributed by atoms with van der Waals surface area (Å²) in [4.78, 5) is 7.06. The summed E-state index contributed by atoms with van der Waals surface area (Å²) in [7, 11) is -2.51. The van der Waals surface area contributed by atoms with E-state index < -0.39 is 7.32 Å². The van der Waals surface area contributed by atoms with E-state index in [1.807, 2.05) is 0 Å². The summed E-state index contributed by atoms with van der Waals surface area (Å²) in [5, 5.41) is 0. The highest BCUT2D eigenvalue weighted by molar-refractivity contribution is 7.59. The third-order valence-electron chi connectivity index (χ3n) is 0.218. The van der Waals surface area contributed by atoms with Gasteiger partial charge in [0.25, 0.3) is 0 Å². The van der Waals surface area contributed by atoms with Gasteiger partial charge >= 0.3 is 7.32 Å².